The van der Waals surface area contributed by atoms with Gasteiger partial charge in [0.1, 0.15) is 4.90 Å². The largest absolute Gasteiger partial charge is 0.378 e. The van der Waals surface area contributed by atoms with E-state index in [9.17, 15) is 13.2 Å². The van der Waals surface area contributed by atoms with Crippen molar-refractivity contribution in [3.8, 4) is 0 Å². The van der Waals surface area contributed by atoms with Crippen LogP contribution >= 0.6 is 0 Å². The maximum atomic E-state index is 11.8. The number of pyridine rings is 1. The fourth-order valence-corrected chi connectivity index (χ4v) is 2.91. The van der Waals surface area contributed by atoms with E-state index in [2.05, 4.69) is 4.98 Å². The molecule has 1 N–H and O–H groups in total. The number of hydrogen-bond donors (Lipinski definition) is 1. The van der Waals surface area contributed by atoms with Gasteiger partial charge in [0.25, 0.3) is 10.0 Å². The van der Waals surface area contributed by atoms with E-state index < -0.39 is 15.9 Å². The van der Waals surface area contributed by atoms with Gasteiger partial charge in [-0.05, 0) is 31.4 Å². The zero-order chi connectivity index (χ0) is 13.7. The molecular weight excluding hydrogens is 268 g/mol. The average molecular weight is 284 g/mol. The van der Waals surface area contributed by atoms with E-state index >= 15 is 0 Å². The van der Waals surface area contributed by atoms with Gasteiger partial charge in [-0.2, -0.15) is 0 Å². The van der Waals surface area contributed by atoms with E-state index in [0.717, 1.165) is 19.4 Å². The van der Waals surface area contributed by atoms with Gasteiger partial charge in [0, 0.05) is 25.4 Å². The molecule has 1 amide bonds. The van der Waals surface area contributed by atoms with Gasteiger partial charge in [0.05, 0.1) is 6.10 Å². The number of aromatic nitrogens is 1. The molecule has 1 saturated heterocycles. The molecule has 0 radical (unpaired) electrons. The van der Waals surface area contributed by atoms with Crippen molar-refractivity contribution in [2.75, 3.05) is 6.61 Å². The third kappa shape index (κ3) is 4.00. The number of amides is 1. The van der Waals surface area contributed by atoms with Crippen LogP contribution < -0.4 is 4.72 Å². The number of hydrogen-bond acceptors (Lipinski definition) is 5. The molecule has 1 aliphatic rings. The lowest BCUT2D eigenvalue weighted by atomic mass is 10.1. The summed E-state index contributed by atoms with van der Waals surface area (Å²) in [5.74, 6) is -0.514. The first kappa shape index (κ1) is 14.0. The minimum Gasteiger partial charge on any atom is -0.378 e. The highest BCUT2D eigenvalue weighted by Gasteiger charge is 2.20. The summed E-state index contributed by atoms with van der Waals surface area (Å²) in [6, 6.07) is 2.90. The fraction of sp³-hybridized carbons (Fsp3) is 0.500. The summed E-state index contributed by atoms with van der Waals surface area (Å²) < 4.78 is 31.1. The molecule has 1 fully saturated rings. The van der Waals surface area contributed by atoms with Crippen LogP contribution in [0.5, 0.6) is 0 Å². The standard InChI is InChI=1S/C12H16N2O4S/c15-12(6-5-10-3-2-8-18-10)14-19(16,17)11-4-1-7-13-9-11/h1,4,7,9-10H,2-3,5-6,8H2,(H,14,15). The first-order valence-corrected chi connectivity index (χ1v) is 7.63. The summed E-state index contributed by atoms with van der Waals surface area (Å²) in [5.41, 5.74) is 0. The quantitative estimate of drug-likeness (QED) is 0.866. The van der Waals surface area contributed by atoms with E-state index in [4.69, 9.17) is 4.74 Å². The van der Waals surface area contributed by atoms with Gasteiger partial charge in [-0.25, -0.2) is 13.1 Å². The predicted octanol–water partition coefficient (Wildman–Crippen LogP) is 0.846. The summed E-state index contributed by atoms with van der Waals surface area (Å²) in [7, 11) is -3.81. The number of sulfonamides is 1. The normalized spacial score (nSPS) is 19.3. The van der Waals surface area contributed by atoms with Gasteiger partial charge in [0.2, 0.25) is 5.91 Å². The second-order valence-corrected chi connectivity index (χ2v) is 6.07. The van der Waals surface area contributed by atoms with Crippen molar-refractivity contribution in [2.45, 2.75) is 36.7 Å². The predicted molar refractivity (Wildman–Crippen MR) is 67.8 cm³/mol. The van der Waals surface area contributed by atoms with Crippen molar-refractivity contribution >= 4 is 15.9 Å². The molecule has 0 aromatic carbocycles. The Morgan fingerprint density at radius 2 is 2.37 bits per heavy atom. The first-order chi connectivity index (χ1) is 9.08. The van der Waals surface area contributed by atoms with Crippen molar-refractivity contribution in [1.82, 2.24) is 9.71 Å². The molecule has 0 bridgehead atoms. The minimum atomic E-state index is -3.81. The van der Waals surface area contributed by atoms with Crippen LogP contribution in [0, 0.1) is 0 Å². The number of rotatable bonds is 5. The molecule has 0 aliphatic carbocycles. The summed E-state index contributed by atoms with van der Waals surface area (Å²) in [5, 5.41) is 0. The van der Waals surface area contributed by atoms with E-state index in [1.54, 1.807) is 0 Å². The van der Waals surface area contributed by atoms with E-state index in [-0.39, 0.29) is 17.4 Å². The van der Waals surface area contributed by atoms with Crippen molar-refractivity contribution in [1.29, 1.82) is 0 Å². The molecule has 2 rings (SSSR count). The lowest BCUT2D eigenvalue weighted by molar-refractivity contribution is -0.119. The summed E-state index contributed by atoms with van der Waals surface area (Å²) in [6.07, 6.45) is 5.38. The minimum absolute atomic E-state index is 0.0135. The third-order valence-electron chi connectivity index (χ3n) is 2.91. The Balaban J connectivity index is 1.87. The molecule has 0 saturated carbocycles. The molecule has 1 aromatic rings. The molecule has 1 atom stereocenters. The van der Waals surface area contributed by atoms with Gasteiger partial charge in [-0.3, -0.25) is 9.78 Å². The van der Waals surface area contributed by atoms with Gasteiger partial charge < -0.3 is 4.74 Å². The highest BCUT2D eigenvalue weighted by molar-refractivity contribution is 7.90. The van der Waals surface area contributed by atoms with Crippen molar-refractivity contribution in [3.05, 3.63) is 24.5 Å². The SMILES string of the molecule is O=C(CCC1CCCO1)NS(=O)(=O)c1cccnc1. The van der Waals surface area contributed by atoms with Crippen LogP contribution in [0.4, 0.5) is 0 Å². The number of ether oxygens (including phenoxy) is 1. The maximum Gasteiger partial charge on any atom is 0.265 e. The van der Waals surface area contributed by atoms with E-state index in [1.165, 1.54) is 24.5 Å². The van der Waals surface area contributed by atoms with Crippen molar-refractivity contribution in [3.63, 3.8) is 0 Å². The topological polar surface area (TPSA) is 85.4 Å². The first-order valence-electron chi connectivity index (χ1n) is 6.15. The Bertz CT molecular complexity index is 524. The highest BCUT2D eigenvalue weighted by atomic mass is 32.2. The maximum absolute atomic E-state index is 11.8. The van der Waals surface area contributed by atoms with E-state index in [0.29, 0.717) is 6.42 Å². The van der Waals surface area contributed by atoms with Crippen LogP contribution in [0.15, 0.2) is 29.4 Å². The molecule has 7 heteroatoms. The fourth-order valence-electron chi connectivity index (χ4n) is 1.93. The highest BCUT2D eigenvalue weighted by Crippen LogP contribution is 2.16. The van der Waals surface area contributed by atoms with E-state index in [1.807, 2.05) is 4.72 Å². The molecule has 1 aliphatic heterocycles. The smallest absolute Gasteiger partial charge is 0.265 e. The average Bonchev–Trinajstić information content (AvgIpc) is 2.90. The van der Waals surface area contributed by atoms with Gasteiger partial charge in [-0.1, -0.05) is 0 Å². The second kappa shape index (κ2) is 6.12. The van der Waals surface area contributed by atoms with Crippen LogP contribution in [0.3, 0.4) is 0 Å². The zero-order valence-electron chi connectivity index (χ0n) is 10.4. The Labute approximate surface area is 112 Å². The third-order valence-corrected chi connectivity index (χ3v) is 4.27. The Hall–Kier alpha value is -1.47. The van der Waals surface area contributed by atoms with Crippen molar-refractivity contribution in [2.24, 2.45) is 0 Å². The van der Waals surface area contributed by atoms with Crippen molar-refractivity contribution < 1.29 is 17.9 Å². The summed E-state index contributed by atoms with van der Waals surface area (Å²) >= 11 is 0. The second-order valence-electron chi connectivity index (χ2n) is 4.39. The molecular formula is C12H16N2O4S. The molecule has 0 spiro atoms. The lowest BCUT2D eigenvalue weighted by Gasteiger charge is -2.09. The molecule has 19 heavy (non-hydrogen) atoms. The molecule has 104 valence electrons. The lowest BCUT2D eigenvalue weighted by Crippen LogP contribution is -2.31. The Kier molecular flexibility index (Phi) is 4.49. The van der Waals surface area contributed by atoms with Gasteiger partial charge >= 0.3 is 0 Å². The molecule has 6 nitrogen and oxygen atoms in total. The van der Waals surface area contributed by atoms with Crippen LogP contribution in [-0.4, -0.2) is 32.0 Å². The van der Waals surface area contributed by atoms with Crippen LogP contribution in [0.25, 0.3) is 0 Å². The molecule has 1 aromatic heterocycles. The molecule has 1 unspecified atom stereocenters. The number of nitrogens with zero attached hydrogens (tertiary/aromatic N) is 1. The summed E-state index contributed by atoms with van der Waals surface area (Å²) in [4.78, 5) is 15.3. The van der Waals surface area contributed by atoms with Crippen LogP contribution in [0.1, 0.15) is 25.7 Å². The van der Waals surface area contributed by atoms with Gasteiger partial charge in [0.15, 0.2) is 0 Å². The number of nitrogens with one attached hydrogen (secondary N) is 1. The Morgan fingerprint density at radius 1 is 1.53 bits per heavy atom. The van der Waals surface area contributed by atoms with Gasteiger partial charge in [-0.15, -0.1) is 0 Å². The monoisotopic (exact) mass is 284 g/mol. The summed E-state index contributed by atoms with van der Waals surface area (Å²) in [6.45, 7) is 0.722. The number of carbonyl (C=O) groups is 1. The van der Waals surface area contributed by atoms with Crippen LogP contribution in [0.2, 0.25) is 0 Å². The molecule has 2 heterocycles. The van der Waals surface area contributed by atoms with Crippen LogP contribution in [-0.2, 0) is 19.6 Å². The Morgan fingerprint density at radius 3 is 3.00 bits per heavy atom. The zero-order valence-corrected chi connectivity index (χ0v) is 11.2. The number of carbonyl (C=O) groups excluding carboxylic acids is 1.